The SMILES string of the molecule is CC(C)C(=O)Nc1cncc(-c2cnc3n[nH]c(-c4nc5nccc(-c6ccccc6F)c5[nH]4)c3c2)c1. The number of imidazole rings is 1. The number of aromatic amines is 2. The lowest BCUT2D eigenvalue weighted by molar-refractivity contribution is -0.118. The second-order valence-corrected chi connectivity index (χ2v) is 8.92. The molecule has 37 heavy (non-hydrogen) atoms. The number of nitrogens with zero attached hydrogens (tertiary/aromatic N) is 5. The fraction of sp³-hybridized carbons (Fsp3) is 0.111. The molecule has 6 aromatic rings. The third-order valence-corrected chi connectivity index (χ3v) is 6.07. The number of aromatic nitrogens is 7. The quantitative estimate of drug-likeness (QED) is 0.298. The van der Waals surface area contributed by atoms with Gasteiger partial charge in [-0.25, -0.2) is 19.3 Å². The largest absolute Gasteiger partial charge is 0.335 e. The summed E-state index contributed by atoms with van der Waals surface area (Å²) in [4.78, 5) is 33.2. The number of fused-ring (bicyclic) bond motifs is 2. The van der Waals surface area contributed by atoms with Crippen molar-refractivity contribution >= 4 is 33.8 Å². The summed E-state index contributed by atoms with van der Waals surface area (Å²) in [5.74, 6) is -0.0542. The Morgan fingerprint density at radius 3 is 2.65 bits per heavy atom. The first-order valence-corrected chi connectivity index (χ1v) is 11.7. The van der Waals surface area contributed by atoms with E-state index in [0.29, 0.717) is 45.1 Å². The van der Waals surface area contributed by atoms with Crippen LogP contribution in [0.4, 0.5) is 10.1 Å². The molecule has 182 valence electrons. The summed E-state index contributed by atoms with van der Waals surface area (Å²) in [5, 5.41) is 10.9. The molecule has 1 amide bonds. The van der Waals surface area contributed by atoms with Crippen LogP contribution in [0.2, 0.25) is 0 Å². The third kappa shape index (κ3) is 4.08. The van der Waals surface area contributed by atoms with Gasteiger partial charge >= 0.3 is 0 Å². The van der Waals surface area contributed by atoms with Gasteiger partial charge in [0.15, 0.2) is 17.1 Å². The second-order valence-electron chi connectivity index (χ2n) is 8.92. The number of hydrogen-bond donors (Lipinski definition) is 3. The van der Waals surface area contributed by atoms with Crippen LogP contribution >= 0.6 is 0 Å². The van der Waals surface area contributed by atoms with Gasteiger partial charge in [0.2, 0.25) is 5.91 Å². The molecule has 6 rings (SSSR count). The Morgan fingerprint density at radius 2 is 1.81 bits per heavy atom. The lowest BCUT2D eigenvalue weighted by atomic mass is 10.1. The van der Waals surface area contributed by atoms with E-state index < -0.39 is 0 Å². The van der Waals surface area contributed by atoms with E-state index >= 15 is 0 Å². The van der Waals surface area contributed by atoms with Crippen LogP contribution in [-0.4, -0.2) is 41.0 Å². The van der Waals surface area contributed by atoms with E-state index in [1.54, 1.807) is 49.1 Å². The van der Waals surface area contributed by atoms with Gasteiger partial charge in [-0.1, -0.05) is 32.0 Å². The normalized spacial score (nSPS) is 11.5. The number of anilines is 1. The number of amides is 1. The lowest BCUT2D eigenvalue weighted by Crippen LogP contribution is -2.17. The highest BCUT2D eigenvalue weighted by atomic mass is 19.1. The molecule has 0 aliphatic heterocycles. The van der Waals surface area contributed by atoms with Crippen molar-refractivity contribution in [2.75, 3.05) is 5.32 Å². The smallest absolute Gasteiger partial charge is 0.226 e. The number of carbonyl (C=O) groups excluding carboxylic acids is 1. The predicted octanol–water partition coefficient (Wildman–Crippen LogP) is 5.36. The summed E-state index contributed by atoms with van der Waals surface area (Å²) >= 11 is 0. The standard InChI is InChI=1S/C27H21FN8O/c1-14(2)27(37)32-17-9-15(11-29-13-17)16-10-20-23(35-36-24(20)31-12-16)26-33-22-19(7-8-30-25(22)34-26)18-5-3-4-6-21(18)28/h3-14H,1-2H3,(H,32,37)(H,30,33,34)(H,31,35,36). The molecular formula is C27H21FN8O. The number of halogens is 1. The Kier molecular flexibility index (Phi) is 5.41. The first-order chi connectivity index (χ1) is 18.0. The van der Waals surface area contributed by atoms with Gasteiger partial charge in [0, 0.05) is 46.8 Å². The monoisotopic (exact) mass is 492 g/mol. The van der Waals surface area contributed by atoms with E-state index in [9.17, 15) is 9.18 Å². The fourth-order valence-electron chi connectivity index (χ4n) is 4.12. The van der Waals surface area contributed by atoms with Crippen LogP contribution in [-0.2, 0) is 4.79 Å². The van der Waals surface area contributed by atoms with Gasteiger partial charge in [0.05, 0.1) is 22.8 Å². The van der Waals surface area contributed by atoms with Crippen LogP contribution in [0.1, 0.15) is 13.8 Å². The molecular weight excluding hydrogens is 471 g/mol. The molecule has 0 spiro atoms. The lowest BCUT2D eigenvalue weighted by Gasteiger charge is -2.09. The van der Waals surface area contributed by atoms with Crippen LogP contribution in [0.25, 0.3) is 56.0 Å². The minimum absolute atomic E-state index is 0.0853. The molecule has 0 aliphatic carbocycles. The molecule has 0 fully saturated rings. The van der Waals surface area contributed by atoms with Crippen molar-refractivity contribution in [3.63, 3.8) is 0 Å². The average molecular weight is 493 g/mol. The molecule has 5 aromatic heterocycles. The van der Waals surface area contributed by atoms with Gasteiger partial charge < -0.3 is 10.3 Å². The van der Waals surface area contributed by atoms with Crippen molar-refractivity contribution in [1.29, 1.82) is 0 Å². The van der Waals surface area contributed by atoms with Crippen LogP contribution in [0.3, 0.4) is 0 Å². The maximum Gasteiger partial charge on any atom is 0.226 e. The highest BCUT2D eigenvalue weighted by molar-refractivity contribution is 5.96. The van der Waals surface area contributed by atoms with Gasteiger partial charge in [-0.05, 0) is 24.3 Å². The number of pyridine rings is 3. The molecule has 0 radical (unpaired) electrons. The van der Waals surface area contributed by atoms with Gasteiger partial charge in [-0.3, -0.25) is 14.9 Å². The second kappa shape index (κ2) is 8.90. The summed E-state index contributed by atoms with van der Waals surface area (Å²) in [6.45, 7) is 3.66. The highest BCUT2D eigenvalue weighted by Crippen LogP contribution is 2.32. The number of rotatable bonds is 5. The van der Waals surface area contributed by atoms with Gasteiger partial charge in [-0.2, -0.15) is 5.10 Å². The molecule has 0 unspecified atom stereocenters. The summed E-state index contributed by atoms with van der Waals surface area (Å²) in [7, 11) is 0. The van der Waals surface area contributed by atoms with Crippen molar-refractivity contribution in [3.05, 3.63) is 73.1 Å². The van der Waals surface area contributed by atoms with Crippen molar-refractivity contribution < 1.29 is 9.18 Å². The van der Waals surface area contributed by atoms with Crippen molar-refractivity contribution in [3.8, 4) is 33.8 Å². The zero-order valence-electron chi connectivity index (χ0n) is 20.0. The number of nitrogens with one attached hydrogen (secondary N) is 3. The molecule has 0 bridgehead atoms. The minimum Gasteiger partial charge on any atom is -0.335 e. The number of hydrogen-bond acceptors (Lipinski definition) is 6. The fourth-order valence-corrected chi connectivity index (χ4v) is 4.12. The Morgan fingerprint density at radius 1 is 0.973 bits per heavy atom. The van der Waals surface area contributed by atoms with Crippen LogP contribution in [0, 0.1) is 11.7 Å². The topological polar surface area (TPSA) is 125 Å². The van der Waals surface area contributed by atoms with Crippen molar-refractivity contribution in [2.24, 2.45) is 5.92 Å². The Labute approximate surface area is 210 Å². The first kappa shape index (κ1) is 22.5. The van der Waals surface area contributed by atoms with Crippen molar-refractivity contribution in [1.82, 2.24) is 35.1 Å². The number of carbonyl (C=O) groups is 1. The summed E-state index contributed by atoms with van der Waals surface area (Å²) in [6, 6.07) is 12.1. The molecule has 0 atom stereocenters. The third-order valence-electron chi connectivity index (χ3n) is 6.07. The molecule has 0 saturated carbocycles. The van der Waals surface area contributed by atoms with Crippen LogP contribution in [0.15, 0.2) is 67.3 Å². The van der Waals surface area contributed by atoms with E-state index in [2.05, 4.69) is 40.4 Å². The maximum absolute atomic E-state index is 14.5. The van der Waals surface area contributed by atoms with Crippen LogP contribution < -0.4 is 5.32 Å². The van der Waals surface area contributed by atoms with Gasteiger partial charge in [0.1, 0.15) is 11.5 Å². The predicted molar refractivity (Wildman–Crippen MR) is 139 cm³/mol. The van der Waals surface area contributed by atoms with E-state index in [0.717, 1.165) is 16.5 Å². The maximum atomic E-state index is 14.5. The molecule has 0 aliphatic rings. The molecule has 3 N–H and O–H groups in total. The zero-order chi connectivity index (χ0) is 25.5. The van der Waals surface area contributed by atoms with E-state index in [4.69, 9.17) is 0 Å². The van der Waals surface area contributed by atoms with Crippen LogP contribution in [0.5, 0.6) is 0 Å². The summed E-state index contributed by atoms with van der Waals surface area (Å²) in [6.07, 6.45) is 6.62. The molecule has 9 nitrogen and oxygen atoms in total. The van der Waals surface area contributed by atoms with E-state index in [1.807, 2.05) is 26.0 Å². The molecule has 10 heteroatoms. The van der Waals surface area contributed by atoms with E-state index in [-0.39, 0.29) is 17.6 Å². The van der Waals surface area contributed by atoms with E-state index in [1.165, 1.54) is 6.07 Å². The first-order valence-electron chi connectivity index (χ1n) is 11.7. The zero-order valence-corrected chi connectivity index (χ0v) is 20.0. The summed E-state index contributed by atoms with van der Waals surface area (Å²) < 4.78 is 14.5. The molecule has 0 saturated heterocycles. The highest BCUT2D eigenvalue weighted by Gasteiger charge is 2.18. The summed E-state index contributed by atoms with van der Waals surface area (Å²) in [5.41, 5.74) is 5.52. The number of benzene rings is 1. The Bertz CT molecular complexity index is 1790. The number of H-pyrrole nitrogens is 2. The van der Waals surface area contributed by atoms with Crippen molar-refractivity contribution in [2.45, 2.75) is 13.8 Å². The van der Waals surface area contributed by atoms with Gasteiger partial charge in [0.25, 0.3) is 0 Å². The van der Waals surface area contributed by atoms with Gasteiger partial charge in [-0.15, -0.1) is 0 Å². The molecule has 1 aromatic carbocycles. The Balaban J connectivity index is 1.42. The molecule has 5 heterocycles. The minimum atomic E-state index is -0.326. The average Bonchev–Trinajstić information content (AvgIpc) is 3.53. The Hall–Kier alpha value is -4.99.